The van der Waals surface area contributed by atoms with Crippen LogP contribution in [0.5, 0.6) is 0 Å². The van der Waals surface area contributed by atoms with Gasteiger partial charge in [-0.3, -0.25) is 4.98 Å². The molecule has 0 aliphatic heterocycles. The molecule has 4 rings (SSSR count). The third-order valence-corrected chi connectivity index (χ3v) is 5.25. The quantitative estimate of drug-likeness (QED) is 0.434. The molecule has 0 unspecified atom stereocenters. The molecule has 0 aliphatic rings. The van der Waals surface area contributed by atoms with E-state index < -0.39 is 0 Å². The Kier molecular flexibility index (Phi) is 4.06. The van der Waals surface area contributed by atoms with Gasteiger partial charge in [-0.25, -0.2) is 0 Å². The lowest BCUT2D eigenvalue weighted by molar-refractivity contribution is 1.16. The molecule has 3 aromatic carbocycles. The fourth-order valence-electron chi connectivity index (χ4n) is 2.94. The molecular formula is C22H17NS. The first kappa shape index (κ1) is 15.0. The van der Waals surface area contributed by atoms with Crippen molar-refractivity contribution in [2.75, 3.05) is 0 Å². The van der Waals surface area contributed by atoms with Crippen molar-refractivity contribution in [3.05, 3.63) is 90.6 Å². The van der Waals surface area contributed by atoms with Crippen LogP contribution in [0, 0.1) is 6.92 Å². The summed E-state index contributed by atoms with van der Waals surface area (Å²) in [6.45, 7) is 2.10. The van der Waals surface area contributed by atoms with Crippen LogP contribution in [0.25, 0.3) is 22.0 Å². The van der Waals surface area contributed by atoms with Gasteiger partial charge in [0.25, 0.3) is 0 Å². The number of aromatic nitrogens is 1. The SMILES string of the molecule is Cc1nc2ccccc2c(-c2ccccc2)c1Sc1ccccc1. The van der Waals surface area contributed by atoms with Gasteiger partial charge in [-0.05, 0) is 30.7 Å². The summed E-state index contributed by atoms with van der Waals surface area (Å²) < 4.78 is 0. The van der Waals surface area contributed by atoms with Gasteiger partial charge in [0, 0.05) is 20.7 Å². The van der Waals surface area contributed by atoms with Gasteiger partial charge in [0.05, 0.1) is 11.2 Å². The maximum Gasteiger partial charge on any atom is 0.0712 e. The summed E-state index contributed by atoms with van der Waals surface area (Å²) in [6.07, 6.45) is 0. The fraction of sp³-hybridized carbons (Fsp3) is 0.0455. The molecule has 0 bridgehead atoms. The lowest BCUT2D eigenvalue weighted by Crippen LogP contribution is -1.94. The second kappa shape index (κ2) is 6.50. The first-order chi connectivity index (χ1) is 11.8. The summed E-state index contributed by atoms with van der Waals surface area (Å²) in [5.74, 6) is 0. The molecular weight excluding hydrogens is 310 g/mol. The Labute approximate surface area is 146 Å². The van der Waals surface area contributed by atoms with Crippen LogP contribution in [0.4, 0.5) is 0 Å². The maximum atomic E-state index is 4.84. The molecule has 0 radical (unpaired) electrons. The zero-order valence-electron chi connectivity index (χ0n) is 13.4. The van der Waals surface area contributed by atoms with Crippen LogP contribution in [0.2, 0.25) is 0 Å². The number of pyridine rings is 1. The van der Waals surface area contributed by atoms with Gasteiger partial charge in [-0.2, -0.15) is 0 Å². The van der Waals surface area contributed by atoms with Crippen LogP contribution in [0.1, 0.15) is 5.69 Å². The summed E-state index contributed by atoms with van der Waals surface area (Å²) in [6, 6.07) is 29.5. The highest BCUT2D eigenvalue weighted by Gasteiger charge is 2.15. The van der Waals surface area contributed by atoms with E-state index in [2.05, 4.69) is 79.7 Å². The predicted octanol–water partition coefficient (Wildman–Crippen LogP) is 6.36. The molecule has 1 heterocycles. The van der Waals surface area contributed by atoms with Gasteiger partial charge in [-0.15, -0.1) is 0 Å². The molecule has 4 aromatic rings. The molecule has 0 N–H and O–H groups in total. The van der Waals surface area contributed by atoms with Gasteiger partial charge in [0.2, 0.25) is 0 Å². The van der Waals surface area contributed by atoms with Crippen LogP contribution < -0.4 is 0 Å². The van der Waals surface area contributed by atoms with Crippen LogP contribution in [-0.2, 0) is 0 Å². The van der Waals surface area contributed by atoms with Crippen molar-refractivity contribution >= 4 is 22.7 Å². The average Bonchev–Trinajstić information content (AvgIpc) is 2.64. The minimum Gasteiger partial charge on any atom is -0.252 e. The molecule has 2 heteroatoms. The van der Waals surface area contributed by atoms with Gasteiger partial charge >= 0.3 is 0 Å². The third-order valence-electron chi connectivity index (χ3n) is 4.04. The molecule has 116 valence electrons. The number of rotatable bonds is 3. The first-order valence-corrected chi connectivity index (χ1v) is 8.82. The summed E-state index contributed by atoms with van der Waals surface area (Å²) in [7, 11) is 0. The second-order valence-corrected chi connectivity index (χ2v) is 6.78. The third kappa shape index (κ3) is 2.81. The molecule has 0 amide bonds. The fourth-order valence-corrected chi connectivity index (χ4v) is 3.99. The lowest BCUT2D eigenvalue weighted by atomic mass is 10.00. The van der Waals surface area contributed by atoms with Crippen molar-refractivity contribution in [1.82, 2.24) is 4.98 Å². The Morgan fingerprint density at radius 1 is 0.708 bits per heavy atom. The molecule has 0 aliphatic carbocycles. The number of hydrogen-bond donors (Lipinski definition) is 0. The summed E-state index contributed by atoms with van der Waals surface area (Å²) in [5, 5.41) is 1.20. The van der Waals surface area contributed by atoms with Crippen molar-refractivity contribution in [3.8, 4) is 11.1 Å². The molecule has 24 heavy (non-hydrogen) atoms. The number of aryl methyl sites for hydroxylation is 1. The number of hydrogen-bond acceptors (Lipinski definition) is 2. The predicted molar refractivity (Wildman–Crippen MR) is 102 cm³/mol. The zero-order chi connectivity index (χ0) is 16.4. The Morgan fingerprint density at radius 2 is 1.33 bits per heavy atom. The van der Waals surface area contributed by atoms with Crippen molar-refractivity contribution < 1.29 is 0 Å². The van der Waals surface area contributed by atoms with Crippen LogP contribution in [0.15, 0.2) is 94.7 Å². The summed E-state index contributed by atoms with van der Waals surface area (Å²) in [5.41, 5.74) is 4.62. The van der Waals surface area contributed by atoms with E-state index in [0.717, 1.165) is 11.2 Å². The largest absolute Gasteiger partial charge is 0.252 e. The van der Waals surface area contributed by atoms with E-state index in [4.69, 9.17) is 4.98 Å². The number of para-hydroxylation sites is 1. The van der Waals surface area contributed by atoms with Gasteiger partial charge in [0.15, 0.2) is 0 Å². The van der Waals surface area contributed by atoms with E-state index in [-0.39, 0.29) is 0 Å². The van der Waals surface area contributed by atoms with Crippen molar-refractivity contribution in [2.45, 2.75) is 16.7 Å². The number of fused-ring (bicyclic) bond motifs is 1. The van der Waals surface area contributed by atoms with E-state index in [0.29, 0.717) is 0 Å². The molecule has 1 nitrogen and oxygen atoms in total. The Bertz CT molecular complexity index is 979. The standard InChI is InChI=1S/C22H17NS/c1-16-22(24-18-12-6-3-7-13-18)21(17-10-4-2-5-11-17)19-14-8-9-15-20(19)23-16/h2-15H,1H3. The monoisotopic (exact) mass is 327 g/mol. The normalized spacial score (nSPS) is 10.9. The Balaban J connectivity index is 1.99. The Hall–Kier alpha value is -2.58. The van der Waals surface area contributed by atoms with Crippen LogP contribution >= 0.6 is 11.8 Å². The molecule has 0 saturated heterocycles. The van der Waals surface area contributed by atoms with Crippen molar-refractivity contribution in [1.29, 1.82) is 0 Å². The summed E-state index contributed by atoms with van der Waals surface area (Å²) in [4.78, 5) is 7.30. The van der Waals surface area contributed by atoms with E-state index >= 15 is 0 Å². The van der Waals surface area contributed by atoms with E-state index in [1.165, 1.54) is 26.3 Å². The highest BCUT2D eigenvalue weighted by atomic mass is 32.2. The van der Waals surface area contributed by atoms with Gasteiger partial charge in [-0.1, -0.05) is 78.5 Å². The second-order valence-electron chi connectivity index (χ2n) is 5.70. The van der Waals surface area contributed by atoms with Crippen LogP contribution in [-0.4, -0.2) is 4.98 Å². The van der Waals surface area contributed by atoms with E-state index in [1.54, 1.807) is 11.8 Å². The van der Waals surface area contributed by atoms with E-state index in [1.807, 2.05) is 12.1 Å². The highest BCUT2D eigenvalue weighted by molar-refractivity contribution is 7.99. The first-order valence-electron chi connectivity index (χ1n) is 8.00. The van der Waals surface area contributed by atoms with E-state index in [9.17, 15) is 0 Å². The highest BCUT2D eigenvalue weighted by Crippen LogP contribution is 2.41. The van der Waals surface area contributed by atoms with Gasteiger partial charge in [0.1, 0.15) is 0 Å². The zero-order valence-corrected chi connectivity index (χ0v) is 14.3. The minimum atomic E-state index is 1.05. The molecule has 0 spiro atoms. The van der Waals surface area contributed by atoms with Crippen molar-refractivity contribution in [2.24, 2.45) is 0 Å². The average molecular weight is 327 g/mol. The van der Waals surface area contributed by atoms with Gasteiger partial charge < -0.3 is 0 Å². The lowest BCUT2D eigenvalue weighted by Gasteiger charge is -2.15. The number of benzene rings is 3. The number of nitrogens with zero attached hydrogens (tertiary/aromatic N) is 1. The Morgan fingerprint density at radius 3 is 2.08 bits per heavy atom. The smallest absolute Gasteiger partial charge is 0.0712 e. The molecule has 0 atom stereocenters. The molecule has 1 aromatic heterocycles. The molecule has 0 saturated carbocycles. The maximum absolute atomic E-state index is 4.84. The van der Waals surface area contributed by atoms with Crippen molar-refractivity contribution in [3.63, 3.8) is 0 Å². The summed E-state index contributed by atoms with van der Waals surface area (Å²) >= 11 is 1.79. The molecule has 0 fully saturated rings. The minimum absolute atomic E-state index is 1.05. The topological polar surface area (TPSA) is 12.9 Å². The van der Waals surface area contributed by atoms with Crippen LogP contribution in [0.3, 0.4) is 0 Å².